The van der Waals surface area contributed by atoms with Gasteiger partial charge in [-0.3, -0.25) is 9.59 Å². The molecule has 0 aliphatic heterocycles. The Morgan fingerprint density at radius 2 is 1.96 bits per heavy atom. The molecule has 2 atom stereocenters. The number of halogens is 1. The second kappa shape index (κ2) is 7.56. The zero-order valence-corrected chi connectivity index (χ0v) is 14.8. The van der Waals surface area contributed by atoms with Crippen LogP contribution in [0.15, 0.2) is 24.3 Å². The number of ether oxygens (including phenoxy) is 1. The van der Waals surface area contributed by atoms with Crippen LogP contribution in [0.3, 0.4) is 0 Å². The summed E-state index contributed by atoms with van der Waals surface area (Å²) in [6, 6.07) is 7.76. The van der Waals surface area contributed by atoms with Crippen LogP contribution >= 0.6 is 11.6 Å². The monoisotopic (exact) mass is 349 g/mol. The molecule has 1 aromatic rings. The SMILES string of the molecule is CCOC(=O)CCN(CC1CC1)C(=O)[C@H]1C[C@H]1c1ccc(Cl)cc1. The number of esters is 1. The molecule has 4 nitrogen and oxygen atoms in total. The Morgan fingerprint density at radius 1 is 1.25 bits per heavy atom. The van der Waals surface area contributed by atoms with Crippen molar-refractivity contribution in [3.8, 4) is 0 Å². The van der Waals surface area contributed by atoms with E-state index in [1.54, 1.807) is 6.92 Å². The summed E-state index contributed by atoms with van der Waals surface area (Å²) in [5, 5.41) is 0.715. The average Bonchev–Trinajstić information content (AvgIpc) is 3.45. The van der Waals surface area contributed by atoms with Gasteiger partial charge in [-0.05, 0) is 55.7 Å². The van der Waals surface area contributed by atoms with Crippen LogP contribution in [0, 0.1) is 11.8 Å². The summed E-state index contributed by atoms with van der Waals surface area (Å²) in [5.41, 5.74) is 1.18. The molecule has 2 fully saturated rings. The lowest BCUT2D eigenvalue weighted by molar-refractivity contribution is -0.144. The number of hydrogen-bond donors (Lipinski definition) is 0. The molecule has 0 bridgehead atoms. The average molecular weight is 350 g/mol. The van der Waals surface area contributed by atoms with Crippen molar-refractivity contribution in [2.75, 3.05) is 19.7 Å². The van der Waals surface area contributed by atoms with E-state index in [9.17, 15) is 9.59 Å². The minimum absolute atomic E-state index is 0.0483. The van der Waals surface area contributed by atoms with Crippen molar-refractivity contribution >= 4 is 23.5 Å². The molecule has 1 aromatic carbocycles. The number of carbonyl (C=O) groups excluding carboxylic acids is 2. The van der Waals surface area contributed by atoms with Crippen LogP contribution in [0.25, 0.3) is 0 Å². The van der Waals surface area contributed by atoms with Crippen LogP contribution in [0.1, 0.15) is 44.1 Å². The quantitative estimate of drug-likeness (QED) is 0.673. The number of carbonyl (C=O) groups is 2. The molecule has 5 heteroatoms. The van der Waals surface area contributed by atoms with Crippen LogP contribution in [-0.2, 0) is 14.3 Å². The van der Waals surface area contributed by atoms with Gasteiger partial charge in [0.15, 0.2) is 0 Å². The van der Waals surface area contributed by atoms with Crippen molar-refractivity contribution in [2.24, 2.45) is 11.8 Å². The van der Waals surface area contributed by atoms with E-state index in [1.165, 1.54) is 18.4 Å². The van der Waals surface area contributed by atoms with Crippen LogP contribution in [0.2, 0.25) is 5.02 Å². The van der Waals surface area contributed by atoms with Gasteiger partial charge in [-0.25, -0.2) is 0 Å². The lowest BCUT2D eigenvalue weighted by Crippen LogP contribution is -2.36. The molecule has 0 aromatic heterocycles. The Balaban J connectivity index is 1.57. The van der Waals surface area contributed by atoms with E-state index in [2.05, 4.69) is 0 Å². The first-order valence-corrected chi connectivity index (χ1v) is 9.16. The molecule has 2 aliphatic rings. The van der Waals surface area contributed by atoms with E-state index < -0.39 is 0 Å². The smallest absolute Gasteiger partial charge is 0.307 e. The minimum Gasteiger partial charge on any atom is -0.466 e. The maximum atomic E-state index is 12.8. The first-order valence-electron chi connectivity index (χ1n) is 8.78. The highest BCUT2D eigenvalue weighted by molar-refractivity contribution is 6.30. The number of amides is 1. The highest BCUT2D eigenvalue weighted by atomic mass is 35.5. The van der Waals surface area contributed by atoms with Crippen molar-refractivity contribution in [1.82, 2.24) is 4.90 Å². The topological polar surface area (TPSA) is 46.6 Å². The predicted octanol–water partition coefficient (Wildman–Crippen LogP) is 3.64. The molecule has 0 heterocycles. The summed E-state index contributed by atoms with van der Waals surface area (Å²) in [7, 11) is 0. The fourth-order valence-corrected chi connectivity index (χ4v) is 3.27. The minimum atomic E-state index is -0.226. The fraction of sp³-hybridized carbons (Fsp3) is 0.579. The summed E-state index contributed by atoms with van der Waals surface area (Å²) >= 11 is 5.93. The zero-order valence-electron chi connectivity index (χ0n) is 14.0. The summed E-state index contributed by atoms with van der Waals surface area (Å²) < 4.78 is 4.98. The molecule has 0 spiro atoms. The number of nitrogens with zero attached hydrogens (tertiary/aromatic N) is 1. The summed E-state index contributed by atoms with van der Waals surface area (Å²) in [4.78, 5) is 26.3. The maximum absolute atomic E-state index is 12.8. The third-order valence-corrected chi connectivity index (χ3v) is 5.04. The Hall–Kier alpha value is -1.55. The van der Waals surface area contributed by atoms with Crippen molar-refractivity contribution in [3.63, 3.8) is 0 Å². The van der Waals surface area contributed by atoms with Gasteiger partial charge in [0.1, 0.15) is 0 Å². The Kier molecular flexibility index (Phi) is 5.44. The lowest BCUT2D eigenvalue weighted by atomic mass is 10.1. The van der Waals surface area contributed by atoms with E-state index >= 15 is 0 Å². The van der Waals surface area contributed by atoms with Crippen LogP contribution < -0.4 is 0 Å². The molecule has 3 rings (SSSR count). The largest absolute Gasteiger partial charge is 0.466 e. The van der Waals surface area contributed by atoms with E-state index in [0.29, 0.717) is 30.0 Å². The molecule has 2 aliphatic carbocycles. The van der Waals surface area contributed by atoms with Gasteiger partial charge in [0.25, 0.3) is 0 Å². The molecule has 0 N–H and O–H groups in total. The Labute approximate surface area is 148 Å². The van der Waals surface area contributed by atoms with Gasteiger partial charge in [-0.15, -0.1) is 0 Å². The zero-order chi connectivity index (χ0) is 17.1. The van der Waals surface area contributed by atoms with Gasteiger partial charge < -0.3 is 9.64 Å². The first kappa shape index (κ1) is 17.3. The molecule has 1 amide bonds. The van der Waals surface area contributed by atoms with Crippen molar-refractivity contribution in [1.29, 1.82) is 0 Å². The van der Waals surface area contributed by atoms with Gasteiger partial charge in [0.05, 0.1) is 13.0 Å². The Bertz CT molecular complexity index is 597. The molecular weight excluding hydrogens is 326 g/mol. The van der Waals surface area contributed by atoms with Crippen molar-refractivity contribution in [2.45, 2.75) is 38.5 Å². The third-order valence-electron chi connectivity index (χ3n) is 4.78. The maximum Gasteiger partial charge on any atom is 0.307 e. The molecular formula is C19H24ClNO3. The van der Waals surface area contributed by atoms with Crippen LogP contribution in [-0.4, -0.2) is 36.5 Å². The van der Waals surface area contributed by atoms with Crippen LogP contribution in [0.5, 0.6) is 0 Å². The van der Waals surface area contributed by atoms with Gasteiger partial charge >= 0.3 is 5.97 Å². The fourth-order valence-electron chi connectivity index (χ4n) is 3.14. The second-order valence-electron chi connectivity index (χ2n) is 6.78. The molecule has 0 unspecified atom stereocenters. The molecule has 24 heavy (non-hydrogen) atoms. The molecule has 2 saturated carbocycles. The molecule has 0 saturated heterocycles. The number of rotatable bonds is 8. The third kappa shape index (κ3) is 4.50. The normalized spacial score (nSPS) is 22.1. The van der Waals surface area contributed by atoms with E-state index in [0.717, 1.165) is 13.0 Å². The molecule has 130 valence electrons. The van der Waals surface area contributed by atoms with E-state index in [4.69, 9.17) is 16.3 Å². The number of hydrogen-bond acceptors (Lipinski definition) is 3. The molecule has 0 radical (unpaired) electrons. The summed E-state index contributed by atoms with van der Waals surface area (Å²) in [6.45, 7) is 3.43. The predicted molar refractivity (Wildman–Crippen MR) is 92.9 cm³/mol. The van der Waals surface area contributed by atoms with Crippen molar-refractivity contribution < 1.29 is 14.3 Å². The van der Waals surface area contributed by atoms with Gasteiger partial charge in [-0.2, -0.15) is 0 Å². The lowest BCUT2D eigenvalue weighted by Gasteiger charge is -2.22. The van der Waals surface area contributed by atoms with E-state index in [1.807, 2.05) is 29.2 Å². The highest BCUT2D eigenvalue weighted by Crippen LogP contribution is 2.49. The van der Waals surface area contributed by atoms with Crippen molar-refractivity contribution in [3.05, 3.63) is 34.9 Å². The first-order chi connectivity index (χ1) is 11.6. The summed E-state index contributed by atoms with van der Waals surface area (Å²) in [5.74, 6) is 0.914. The van der Waals surface area contributed by atoms with Crippen LogP contribution in [0.4, 0.5) is 0 Å². The Morgan fingerprint density at radius 3 is 2.58 bits per heavy atom. The number of benzene rings is 1. The van der Waals surface area contributed by atoms with Gasteiger partial charge in [-0.1, -0.05) is 23.7 Å². The second-order valence-corrected chi connectivity index (χ2v) is 7.22. The summed E-state index contributed by atoms with van der Waals surface area (Å²) in [6.07, 6.45) is 3.55. The standard InChI is InChI=1S/C19H24ClNO3/c1-2-24-18(22)9-10-21(12-13-3-4-13)19(23)17-11-16(17)14-5-7-15(20)8-6-14/h5-8,13,16-17H,2-4,9-12H2,1H3/t16-,17-/m0/s1. The highest BCUT2D eigenvalue weighted by Gasteiger charge is 2.46. The van der Waals surface area contributed by atoms with Gasteiger partial charge in [0, 0.05) is 24.0 Å². The van der Waals surface area contributed by atoms with Gasteiger partial charge in [0.2, 0.25) is 5.91 Å². The van der Waals surface area contributed by atoms with E-state index in [-0.39, 0.29) is 24.2 Å².